The van der Waals surface area contributed by atoms with Crippen LogP contribution in [0.2, 0.25) is 0 Å². The Bertz CT molecular complexity index is 314. The van der Waals surface area contributed by atoms with Crippen LogP contribution in [0.5, 0.6) is 0 Å². The summed E-state index contributed by atoms with van der Waals surface area (Å²) in [4.78, 5) is 10.4. The minimum absolute atomic E-state index is 0.277. The van der Waals surface area contributed by atoms with Crippen molar-refractivity contribution in [2.45, 2.75) is 6.04 Å². The first-order valence-electron chi connectivity index (χ1n) is 4.76. The minimum atomic E-state index is 0.277. The van der Waals surface area contributed by atoms with Gasteiger partial charge in [0.05, 0.1) is 11.7 Å². The highest BCUT2D eigenvalue weighted by Crippen LogP contribution is 2.13. The average molecular weight is 193 g/mol. The summed E-state index contributed by atoms with van der Waals surface area (Å²) in [5, 5.41) is 3.41. The number of likely N-dealkylation sites (N-methyl/N-ethyl adjacent to an activating group) is 1. The van der Waals surface area contributed by atoms with Crippen molar-refractivity contribution >= 4 is 5.95 Å². The van der Waals surface area contributed by atoms with E-state index in [0.717, 1.165) is 25.3 Å². The van der Waals surface area contributed by atoms with Gasteiger partial charge in [0.1, 0.15) is 0 Å². The molecule has 2 rings (SSSR count). The van der Waals surface area contributed by atoms with Gasteiger partial charge in [-0.25, -0.2) is 9.97 Å². The smallest absolute Gasteiger partial charge is 0.220 e. The molecule has 1 aromatic rings. The lowest BCUT2D eigenvalue weighted by molar-refractivity contribution is 0.238. The molecule has 14 heavy (non-hydrogen) atoms. The highest BCUT2D eigenvalue weighted by molar-refractivity contribution is 5.19. The Balaban J connectivity index is 2.14. The van der Waals surface area contributed by atoms with Crippen molar-refractivity contribution in [2.75, 3.05) is 32.4 Å². The fourth-order valence-electron chi connectivity index (χ4n) is 1.68. The summed E-state index contributed by atoms with van der Waals surface area (Å²) in [5.74, 6) is 0.345. The van der Waals surface area contributed by atoms with Crippen LogP contribution in [0, 0.1) is 0 Å². The van der Waals surface area contributed by atoms with E-state index in [9.17, 15) is 0 Å². The molecular weight excluding hydrogens is 178 g/mol. The number of anilines is 1. The second kappa shape index (κ2) is 3.89. The molecule has 5 nitrogen and oxygen atoms in total. The van der Waals surface area contributed by atoms with Gasteiger partial charge in [-0.1, -0.05) is 0 Å². The van der Waals surface area contributed by atoms with E-state index in [1.165, 1.54) is 0 Å². The van der Waals surface area contributed by atoms with Gasteiger partial charge in [-0.2, -0.15) is 0 Å². The van der Waals surface area contributed by atoms with E-state index in [-0.39, 0.29) is 6.04 Å². The molecule has 0 aliphatic carbocycles. The Hall–Kier alpha value is -1.20. The molecular formula is C9H15N5. The van der Waals surface area contributed by atoms with Crippen molar-refractivity contribution in [2.24, 2.45) is 0 Å². The molecule has 0 radical (unpaired) electrons. The predicted molar refractivity (Wildman–Crippen MR) is 54.7 cm³/mol. The summed E-state index contributed by atoms with van der Waals surface area (Å²) in [6, 6.07) is 2.19. The summed E-state index contributed by atoms with van der Waals surface area (Å²) in [6.07, 6.45) is 1.70. The third-order valence-electron chi connectivity index (χ3n) is 2.43. The maximum atomic E-state index is 5.54. The zero-order chi connectivity index (χ0) is 9.97. The largest absolute Gasteiger partial charge is 0.368 e. The number of hydrogen-bond donors (Lipinski definition) is 2. The number of hydrogen-bond acceptors (Lipinski definition) is 5. The van der Waals surface area contributed by atoms with Gasteiger partial charge in [-0.15, -0.1) is 0 Å². The maximum absolute atomic E-state index is 5.54. The van der Waals surface area contributed by atoms with E-state index in [2.05, 4.69) is 27.2 Å². The van der Waals surface area contributed by atoms with Crippen LogP contribution in [0.25, 0.3) is 0 Å². The molecule has 1 saturated heterocycles. The number of nitrogen functional groups attached to an aromatic ring is 1. The summed E-state index contributed by atoms with van der Waals surface area (Å²) < 4.78 is 0. The zero-order valence-corrected chi connectivity index (χ0v) is 8.27. The molecule has 1 aliphatic heterocycles. The normalized spacial score (nSPS) is 23.6. The number of nitrogens with one attached hydrogen (secondary N) is 1. The van der Waals surface area contributed by atoms with Gasteiger partial charge in [-0.05, 0) is 13.1 Å². The zero-order valence-electron chi connectivity index (χ0n) is 8.27. The second-order valence-electron chi connectivity index (χ2n) is 3.61. The highest BCUT2D eigenvalue weighted by Gasteiger charge is 2.19. The number of nitrogens with zero attached hydrogens (tertiary/aromatic N) is 3. The minimum Gasteiger partial charge on any atom is -0.368 e. The third kappa shape index (κ3) is 2.00. The summed E-state index contributed by atoms with van der Waals surface area (Å²) in [6.45, 7) is 3.04. The first-order chi connectivity index (χ1) is 6.75. The van der Waals surface area contributed by atoms with Gasteiger partial charge in [0.2, 0.25) is 5.95 Å². The van der Waals surface area contributed by atoms with Gasteiger partial charge >= 0.3 is 0 Å². The number of rotatable bonds is 1. The monoisotopic (exact) mass is 193 g/mol. The molecule has 0 bridgehead atoms. The molecule has 1 unspecified atom stereocenters. The van der Waals surface area contributed by atoms with Crippen molar-refractivity contribution in [3.05, 3.63) is 18.0 Å². The Morgan fingerprint density at radius 1 is 1.64 bits per heavy atom. The molecule has 2 heterocycles. The van der Waals surface area contributed by atoms with Crippen LogP contribution >= 0.6 is 0 Å². The molecule has 1 atom stereocenters. The van der Waals surface area contributed by atoms with Gasteiger partial charge in [0.15, 0.2) is 0 Å². The lowest BCUT2D eigenvalue weighted by atomic mass is 10.1. The SMILES string of the molecule is CN1CCNC(c2ccnc(N)n2)C1. The Labute approximate surface area is 83.3 Å². The van der Waals surface area contributed by atoms with Gasteiger partial charge in [0.25, 0.3) is 0 Å². The Morgan fingerprint density at radius 2 is 2.50 bits per heavy atom. The van der Waals surface area contributed by atoms with Crippen LogP contribution in [0.4, 0.5) is 5.95 Å². The van der Waals surface area contributed by atoms with Crippen LogP contribution in [0.3, 0.4) is 0 Å². The maximum Gasteiger partial charge on any atom is 0.220 e. The van der Waals surface area contributed by atoms with Crippen molar-refractivity contribution in [1.82, 2.24) is 20.2 Å². The molecule has 1 fully saturated rings. The second-order valence-corrected chi connectivity index (χ2v) is 3.61. The van der Waals surface area contributed by atoms with Gasteiger partial charge in [0, 0.05) is 25.8 Å². The lowest BCUT2D eigenvalue weighted by Gasteiger charge is -2.30. The molecule has 5 heteroatoms. The van der Waals surface area contributed by atoms with Gasteiger partial charge in [-0.3, -0.25) is 0 Å². The lowest BCUT2D eigenvalue weighted by Crippen LogP contribution is -2.44. The molecule has 1 aliphatic rings. The number of piperazine rings is 1. The molecule has 0 saturated carbocycles. The van der Waals surface area contributed by atoms with E-state index in [0.29, 0.717) is 5.95 Å². The van der Waals surface area contributed by atoms with E-state index >= 15 is 0 Å². The highest BCUT2D eigenvalue weighted by atomic mass is 15.2. The van der Waals surface area contributed by atoms with Crippen LogP contribution in [0.1, 0.15) is 11.7 Å². The van der Waals surface area contributed by atoms with E-state index < -0.39 is 0 Å². The van der Waals surface area contributed by atoms with Crippen molar-refractivity contribution in [1.29, 1.82) is 0 Å². The van der Waals surface area contributed by atoms with Crippen molar-refractivity contribution < 1.29 is 0 Å². The van der Waals surface area contributed by atoms with E-state index in [1.54, 1.807) is 6.20 Å². The van der Waals surface area contributed by atoms with E-state index in [1.807, 2.05) is 6.07 Å². The predicted octanol–water partition coefficient (Wildman–Crippen LogP) is -0.365. The average Bonchev–Trinajstić information content (AvgIpc) is 2.18. The quantitative estimate of drug-likeness (QED) is 0.637. The summed E-state index contributed by atoms with van der Waals surface area (Å²) >= 11 is 0. The van der Waals surface area contributed by atoms with Crippen LogP contribution < -0.4 is 11.1 Å². The van der Waals surface area contributed by atoms with Crippen LogP contribution in [0.15, 0.2) is 12.3 Å². The Kier molecular flexibility index (Phi) is 2.60. The fourth-order valence-corrected chi connectivity index (χ4v) is 1.68. The summed E-state index contributed by atoms with van der Waals surface area (Å²) in [5.41, 5.74) is 6.51. The number of nitrogens with two attached hydrogens (primary N) is 1. The van der Waals surface area contributed by atoms with Crippen LogP contribution in [-0.2, 0) is 0 Å². The molecule has 0 amide bonds. The molecule has 3 N–H and O–H groups in total. The first-order valence-corrected chi connectivity index (χ1v) is 4.76. The Morgan fingerprint density at radius 3 is 3.21 bits per heavy atom. The third-order valence-corrected chi connectivity index (χ3v) is 2.43. The molecule has 1 aromatic heterocycles. The summed E-state index contributed by atoms with van der Waals surface area (Å²) in [7, 11) is 2.11. The molecule has 76 valence electrons. The van der Waals surface area contributed by atoms with Crippen molar-refractivity contribution in [3.63, 3.8) is 0 Å². The number of aromatic nitrogens is 2. The first kappa shape index (κ1) is 9.36. The molecule has 0 aromatic carbocycles. The van der Waals surface area contributed by atoms with Crippen molar-refractivity contribution in [3.8, 4) is 0 Å². The fraction of sp³-hybridized carbons (Fsp3) is 0.556. The van der Waals surface area contributed by atoms with E-state index in [4.69, 9.17) is 5.73 Å². The molecule has 0 spiro atoms. The van der Waals surface area contributed by atoms with Gasteiger partial charge < -0.3 is 16.0 Å². The standard InChI is InChI=1S/C9H15N5/c1-14-5-4-11-8(6-14)7-2-3-12-9(10)13-7/h2-3,8,11H,4-6H2,1H3,(H2,10,12,13). The topological polar surface area (TPSA) is 67.1 Å². The van der Waals surface area contributed by atoms with Crippen LogP contribution in [-0.4, -0.2) is 41.5 Å².